The van der Waals surface area contributed by atoms with Gasteiger partial charge in [0.2, 0.25) is 0 Å². The van der Waals surface area contributed by atoms with Gasteiger partial charge in [-0.25, -0.2) is 9.37 Å². The lowest BCUT2D eigenvalue weighted by Gasteiger charge is -2.16. The molecule has 1 saturated carbocycles. The monoisotopic (exact) mass is 371 g/mol. The number of ether oxygens (including phenoxy) is 1. The molecule has 0 spiro atoms. The van der Waals surface area contributed by atoms with Crippen molar-refractivity contribution in [2.24, 2.45) is 5.92 Å². The summed E-state index contributed by atoms with van der Waals surface area (Å²) in [5, 5.41) is 3.29. The summed E-state index contributed by atoms with van der Waals surface area (Å²) in [7, 11) is 1.40. The van der Waals surface area contributed by atoms with Crippen LogP contribution in [0.2, 0.25) is 0 Å². The molecule has 0 saturated heterocycles. The van der Waals surface area contributed by atoms with E-state index in [2.05, 4.69) is 15.3 Å². The van der Waals surface area contributed by atoms with Crippen LogP contribution in [0.1, 0.15) is 61.0 Å². The molecule has 2 aliphatic rings. The number of carbonyl (C=O) groups is 1. The Balaban J connectivity index is 0.00000102. The van der Waals surface area contributed by atoms with Crippen LogP contribution < -0.4 is 5.32 Å². The third kappa shape index (κ3) is 3.80. The van der Waals surface area contributed by atoms with Crippen molar-refractivity contribution in [3.8, 4) is 0 Å². The van der Waals surface area contributed by atoms with Crippen molar-refractivity contribution in [1.82, 2.24) is 9.97 Å². The molecule has 144 valence electrons. The maximum Gasteiger partial charge on any atom is 0.309 e. The molecule has 0 radical (unpaired) electrons. The molecule has 4 rings (SSSR count). The summed E-state index contributed by atoms with van der Waals surface area (Å²) >= 11 is 0. The molecule has 0 aliphatic heterocycles. The van der Waals surface area contributed by atoms with Gasteiger partial charge < -0.3 is 10.1 Å². The smallest absolute Gasteiger partial charge is 0.309 e. The molecule has 0 amide bonds. The first-order valence-electron chi connectivity index (χ1n) is 9.52. The Morgan fingerprint density at radius 2 is 2.04 bits per heavy atom. The predicted molar refractivity (Wildman–Crippen MR) is 102 cm³/mol. The van der Waals surface area contributed by atoms with E-state index in [1.165, 1.54) is 13.2 Å². The summed E-state index contributed by atoms with van der Waals surface area (Å²) in [4.78, 5) is 20.3. The van der Waals surface area contributed by atoms with Gasteiger partial charge in [-0.1, -0.05) is 19.9 Å². The summed E-state index contributed by atoms with van der Waals surface area (Å²) in [6.45, 7) is 6.02. The number of benzene rings is 1. The lowest BCUT2D eigenvalue weighted by molar-refractivity contribution is -0.142. The second-order valence-electron chi connectivity index (χ2n) is 6.79. The van der Waals surface area contributed by atoms with Crippen molar-refractivity contribution in [3.05, 3.63) is 52.7 Å². The fourth-order valence-electron chi connectivity index (χ4n) is 3.75. The lowest BCUT2D eigenvalue weighted by Crippen LogP contribution is -2.11. The van der Waals surface area contributed by atoms with Crippen LogP contribution in [0.4, 0.5) is 10.2 Å². The van der Waals surface area contributed by atoms with Crippen molar-refractivity contribution in [2.75, 3.05) is 12.4 Å². The first-order chi connectivity index (χ1) is 13.1. The number of nitrogens with one attached hydrogen (secondary N) is 1. The third-order valence-corrected chi connectivity index (χ3v) is 5.24. The van der Waals surface area contributed by atoms with Gasteiger partial charge in [-0.3, -0.25) is 9.78 Å². The zero-order valence-electron chi connectivity index (χ0n) is 16.3. The van der Waals surface area contributed by atoms with Crippen LogP contribution >= 0.6 is 0 Å². The molecular weight excluding hydrogens is 345 g/mol. The SMILES string of the molecule is CC.COC(=O)[C@H]1CC1c1cnc(NC2CCc3c(C)ccc(F)c32)cn1. The molecule has 27 heavy (non-hydrogen) atoms. The maximum atomic E-state index is 14.2. The topological polar surface area (TPSA) is 64.1 Å². The fraction of sp³-hybridized carbons (Fsp3) is 0.476. The number of hydrogen-bond donors (Lipinski definition) is 1. The molecule has 1 aromatic heterocycles. The van der Waals surface area contributed by atoms with Crippen molar-refractivity contribution in [1.29, 1.82) is 0 Å². The highest BCUT2D eigenvalue weighted by Gasteiger charge is 2.46. The van der Waals surface area contributed by atoms with E-state index in [-0.39, 0.29) is 29.7 Å². The van der Waals surface area contributed by atoms with E-state index in [0.717, 1.165) is 41.6 Å². The van der Waals surface area contributed by atoms with E-state index >= 15 is 0 Å². The molecule has 5 nitrogen and oxygen atoms in total. The van der Waals surface area contributed by atoms with E-state index in [1.54, 1.807) is 12.4 Å². The number of methoxy groups -OCH3 is 1. The molecule has 0 bridgehead atoms. The van der Waals surface area contributed by atoms with Crippen LogP contribution in [0.15, 0.2) is 24.5 Å². The third-order valence-electron chi connectivity index (χ3n) is 5.24. The molecule has 2 aliphatic carbocycles. The standard InChI is InChI=1S/C19H20FN3O2.C2H6/c1-10-3-5-14(20)18-11(10)4-6-15(18)23-17-9-21-16(8-22-17)12-7-13(12)19(24)25-2;1-2/h3,5,8-9,12-13,15H,4,6-7H2,1-2H3,(H,22,23);1-2H3/t12?,13-,15?;/m0./s1. The minimum atomic E-state index is -0.192. The lowest BCUT2D eigenvalue weighted by atomic mass is 10.0. The van der Waals surface area contributed by atoms with Crippen LogP contribution in [-0.4, -0.2) is 23.0 Å². The van der Waals surface area contributed by atoms with Gasteiger partial charge in [-0.2, -0.15) is 0 Å². The minimum Gasteiger partial charge on any atom is -0.469 e. The number of esters is 1. The highest BCUT2D eigenvalue weighted by atomic mass is 19.1. The van der Waals surface area contributed by atoms with Crippen LogP contribution in [0.3, 0.4) is 0 Å². The van der Waals surface area contributed by atoms with Crippen molar-refractivity contribution in [3.63, 3.8) is 0 Å². The van der Waals surface area contributed by atoms with Gasteiger partial charge in [0.15, 0.2) is 0 Å². The van der Waals surface area contributed by atoms with Gasteiger partial charge in [-0.15, -0.1) is 0 Å². The molecule has 1 aromatic carbocycles. The number of rotatable bonds is 4. The van der Waals surface area contributed by atoms with Gasteiger partial charge >= 0.3 is 5.97 Å². The molecule has 2 unspecified atom stereocenters. The van der Waals surface area contributed by atoms with Crippen molar-refractivity contribution >= 4 is 11.8 Å². The molecule has 3 atom stereocenters. The van der Waals surface area contributed by atoms with E-state index in [0.29, 0.717) is 5.82 Å². The Kier molecular flexibility index (Phi) is 5.73. The van der Waals surface area contributed by atoms with Crippen LogP contribution in [0.5, 0.6) is 0 Å². The van der Waals surface area contributed by atoms with Crippen LogP contribution in [-0.2, 0) is 16.0 Å². The number of anilines is 1. The highest BCUT2D eigenvalue weighted by molar-refractivity contribution is 5.77. The molecule has 6 heteroatoms. The molecule has 1 heterocycles. The summed E-state index contributed by atoms with van der Waals surface area (Å²) in [5.41, 5.74) is 3.78. The second kappa shape index (κ2) is 8.03. The molecule has 1 N–H and O–H groups in total. The Labute approximate surface area is 159 Å². The number of fused-ring (bicyclic) bond motifs is 1. The first kappa shape index (κ1) is 19.3. The summed E-state index contributed by atoms with van der Waals surface area (Å²) in [6, 6.07) is 3.28. The number of hydrogen-bond acceptors (Lipinski definition) is 5. The summed E-state index contributed by atoms with van der Waals surface area (Å²) in [5.74, 6) is 0.262. The van der Waals surface area contributed by atoms with Gasteiger partial charge in [-0.05, 0) is 43.4 Å². The Morgan fingerprint density at radius 3 is 2.70 bits per heavy atom. The number of aryl methyl sites for hydroxylation is 1. The Hall–Kier alpha value is -2.50. The normalized spacial score (nSPS) is 22.3. The van der Waals surface area contributed by atoms with E-state index in [1.807, 2.05) is 26.8 Å². The predicted octanol–water partition coefficient (Wildman–Crippen LogP) is 4.33. The van der Waals surface area contributed by atoms with Crippen LogP contribution in [0.25, 0.3) is 0 Å². The molecular formula is C21H26FN3O2. The number of carbonyl (C=O) groups excluding carboxylic acids is 1. The van der Waals surface area contributed by atoms with Crippen molar-refractivity contribution < 1.29 is 13.9 Å². The van der Waals surface area contributed by atoms with Gasteiger partial charge in [0.25, 0.3) is 0 Å². The highest BCUT2D eigenvalue weighted by Crippen LogP contribution is 2.47. The number of aromatic nitrogens is 2. The number of nitrogens with zero attached hydrogens (tertiary/aromatic N) is 2. The number of halogens is 1. The largest absolute Gasteiger partial charge is 0.469 e. The first-order valence-corrected chi connectivity index (χ1v) is 9.52. The average Bonchev–Trinajstić information content (AvgIpc) is 3.39. The van der Waals surface area contributed by atoms with E-state index in [9.17, 15) is 9.18 Å². The van der Waals surface area contributed by atoms with Gasteiger partial charge in [0.05, 0.1) is 37.2 Å². The quantitative estimate of drug-likeness (QED) is 0.811. The summed E-state index contributed by atoms with van der Waals surface area (Å²) in [6.07, 6.45) is 5.82. The Morgan fingerprint density at radius 1 is 1.26 bits per heavy atom. The zero-order chi connectivity index (χ0) is 19.6. The Bertz CT molecular complexity index is 823. The molecule has 2 aromatic rings. The fourth-order valence-corrected chi connectivity index (χ4v) is 3.75. The van der Waals surface area contributed by atoms with Gasteiger partial charge in [0, 0.05) is 11.5 Å². The summed E-state index contributed by atoms with van der Waals surface area (Å²) < 4.78 is 19.0. The maximum absolute atomic E-state index is 14.2. The van der Waals surface area contributed by atoms with Crippen molar-refractivity contribution in [2.45, 2.75) is 52.0 Å². The van der Waals surface area contributed by atoms with Gasteiger partial charge in [0.1, 0.15) is 11.6 Å². The van der Waals surface area contributed by atoms with E-state index < -0.39 is 0 Å². The minimum absolute atomic E-state index is 0.0845. The van der Waals surface area contributed by atoms with Crippen LogP contribution in [0, 0.1) is 18.7 Å². The second-order valence-corrected chi connectivity index (χ2v) is 6.79. The van der Waals surface area contributed by atoms with E-state index in [4.69, 9.17) is 4.74 Å². The zero-order valence-corrected chi connectivity index (χ0v) is 16.3. The molecule has 1 fully saturated rings. The average molecular weight is 371 g/mol.